The molecule has 296 valence electrons. The molecule has 2 N–H and O–H groups in total. The molecule has 0 aromatic heterocycles. The first-order chi connectivity index (χ1) is 22.0. The second kappa shape index (κ2) is 40.8. The smallest absolute Gasteiger partial charge is 0.116 e. The first-order valence-corrected chi connectivity index (χ1v) is 21.2. The van der Waals surface area contributed by atoms with Gasteiger partial charge in [0.05, 0.1) is 53.0 Å². The Bertz CT molecular complexity index is 600. The molecule has 0 heterocycles. The van der Waals surface area contributed by atoms with Gasteiger partial charge in [-0.25, -0.2) is 0 Å². The Labute approximate surface area is 324 Å². The Morgan fingerprint density at radius 1 is 0.375 bits per heavy atom. The van der Waals surface area contributed by atoms with Crippen LogP contribution in [0.2, 0.25) is 0 Å². The maximum absolute atomic E-state index is 9.68. The standard InChI is InChI=1S/C23H49ClNO.C17H37ClNO.2ClH/c1-4-5-6-7-8-9-10-11-12-13-14-15-16-17-18-19-20-25(2,3)22-23(26)21-24;1-4-5-6-7-8-9-10-11-12-13-14-19(2,3)16-17(20)15-18;;/h23,26H,4-22H2,1-3H3;17,20H,4-16H2,1-3H3;2*1H/q2*+1;;/p-2. The highest BCUT2D eigenvalue weighted by Crippen LogP contribution is 2.15. The van der Waals surface area contributed by atoms with Crippen LogP contribution in [0.5, 0.6) is 0 Å². The molecule has 0 aromatic rings. The minimum Gasteiger partial charge on any atom is -1.00 e. The highest BCUT2D eigenvalue weighted by Gasteiger charge is 2.20. The zero-order valence-corrected chi connectivity index (χ0v) is 36.1. The number of rotatable bonds is 34. The van der Waals surface area contributed by atoms with Crippen LogP contribution in [0.3, 0.4) is 0 Å². The van der Waals surface area contributed by atoms with Gasteiger partial charge >= 0.3 is 0 Å². The summed E-state index contributed by atoms with van der Waals surface area (Å²) in [5, 5.41) is 19.3. The van der Waals surface area contributed by atoms with E-state index in [1.165, 1.54) is 167 Å². The maximum atomic E-state index is 9.68. The molecule has 48 heavy (non-hydrogen) atoms. The second-order valence-corrected chi connectivity index (χ2v) is 16.4. The van der Waals surface area contributed by atoms with E-state index in [1.807, 2.05) is 0 Å². The molecule has 8 heteroatoms. The molecule has 0 radical (unpaired) electrons. The van der Waals surface area contributed by atoms with Gasteiger partial charge in [0.1, 0.15) is 25.3 Å². The number of likely N-dealkylation sites (N-methyl/N-ethyl adjacent to an activating group) is 2. The van der Waals surface area contributed by atoms with E-state index < -0.39 is 0 Å². The molecule has 0 aliphatic carbocycles. The van der Waals surface area contributed by atoms with Gasteiger partial charge in [-0.15, -0.1) is 23.2 Å². The summed E-state index contributed by atoms with van der Waals surface area (Å²) < 4.78 is 1.76. The van der Waals surface area contributed by atoms with Crippen molar-refractivity contribution in [2.45, 2.75) is 193 Å². The van der Waals surface area contributed by atoms with Gasteiger partial charge in [0.15, 0.2) is 0 Å². The van der Waals surface area contributed by atoms with Gasteiger partial charge < -0.3 is 44.0 Å². The number of aliphatic hydroxyl groups excluding tert-OH is 2. The van der Waals surface area contributed by atoms with E-state index in [0.29, 0.717) is 11.8 Å². The van der Waals surface area contributed by atoms with Crippen molar-refractivity contribution in [2.75, 3.05) is 66.1 Å². The fraction of sp³-hybridized carbons (Fsp3) is 1.00. The number of aliphatic hydroxyl groups is 2. The van der Waals surface area contributed by atoms with E-state index in [0.717, 1.165) is 35.1 Å². The summed E-state index contributed by atoms with van der Waals surface area (Å²) in [7, 11) is 8.76. The average Bonchev–Trinajstić information content (AvgIpc) is 3.01. The highest BCUT2D eigenvalue weighted by atomic mass is 35.5. The molecule has 0 aliphatic heterocycles. The van der Waals surface area contributed by atoms with Crippen molar-refractivity contribution in [2.24, 2.45) is 0 Å². The summed E-state index contributed by atoms with van der Waals surface area (Å²) in [6.07, 6.45) is 35.6. The molecule has 0 bridgehead atoms. The molecule has 0 saturated carbocycles. The maximum Gasteiger partial charge on any atom is 0.116 e. The van der Waals surface area contributed by atoms with Crippen LogP contribution in [0.15, 0.2) is 0 Å². The first kappa shape index (κ1) is 55.8. The van der Waals surface area contributed by atoms with Crippen molar-refractivity contribution < 1.29 is 44.0 Å². The SMILES string of the molecule is CCCCCCCCCCCCCCCCCC[N+](C)(C)CC(O)CCl.CCCCCCCCCCCC[N+](C)(C)CC(O)CCl.[Cl-].[Cl-]. The van der Waals surface area contributed by atoms with Crippen LogP contribution in [-0.2, 0) is 0 Å². The van der Waals surface area contributed by atoms with Crippen molar-refractivity contribution in [1.29, 1.82) is 0 Å². The van der Waals surface area contributed by atoms with E-state index in [2.05, 4.69) is 42.0 Å². The van der Waals surface area contributed by atoms with Crippen molar-refractivity contribution in [1.82, 2.24) is 0 Å². The molecule has 0 spiro atoms. The number of halogens is 4. The molecule has 0 rings (SSSR count). The van der Waals surface area contributed by atoms with Crippen molar-refractivity contribution >= 4 is 23.2 Å². The Kier molecular flexibility index (Phi) is 47.3. The summed E-state index contributed by atoms with van der Waals surface area (Å²) in [5.41, 5.74) is 0. The van der Waals surface area contributed by atoms with Crippen LogP contribution in [0.4, 0.5) is 0 Å². The van der Waals surface area contributed by atoms with Gasteiger partial charge in [-0.05, 0) is 25.7 Å². The van der Waals surface area contributed by atoms with Crippen LogP contribution in [0, 0.1) is 0 Å². The van der Waals surface area contributed by atoms with Crippen LogP contribution in [0.1, 0.15) is 181 Å². The lowest BCUT2D eigenvalue weighted by molar-refractivity contribution is -0.893. The summed E-state index contributed by atoms with van der Waals surface area (Å²) in [5.74, 6) is 0.695. The van der Waals surface area contributed by atoms with Gasteiger partial charge in [-0.3, -0.25) is 0 Å². The second-order valence-electron chi connectivity index (χ2n) is 15.8. The van der Waals surface area contributed by atoms with Crippen LogP contribution < -0.4 is 24.8 Å². The Balaban J connectivity index is -0.000000399. The number of nitrogens with zero attached hydrogens (tertiary/aromatic N) is 2. The molecule has 0 saturated heterocycles. The van der Waals surface area contributed by atoms with Gasteiger partial charge in [-0.2, -0.15) is 0 Å². The monoisotopic (exact) mass is 767 g/mol. The summed E-state index contributed by atoms with van der Waals surface area (Å²) >= 11 is 11.4. The zero-order chi connectivity index (χ0) is 34.8. The van der Waals surface area contributed by atoms with E-state index in [1.54, 1.807) is 0 Å². The topological polar surface area (TPSA) is 40.5 Å². The third-order valence-corrected chi connectivity index (χ3v) is 10.2. The van der Waals surface area contributed by atoms with E-state index in [9.17, 15) is 10.2 Å². The van der Waals surface area contributed by atoms with Gasteiger partial charge in [0.2, 0.25) is 0 Å². The molecule has 0 amide bonds. The lowest BCUT2D eigenvalue weighted by Gasteiger charge is -2.31. The van der Waals surface area contributed by atoms with Crippen LogP contribution in [0.25, 0.3) is 0 Å². The molecule has 2 atom stereocenters. The van der Waals surface area contributed by atoms with Crippen molar-refractivity contribution in [3.63, 3.8) is 0 Å². The molecule has 0 aliphatic rings. The molecular weight excluding hydrogens is 682 g/mol. The minimum absolute atomic E-state index is 0. The first-order valence-electron chi connectivity index (χ1n) is 20.2. The average molecular weight is 769 g/mol. The Morgan fingerprint density at radius 2 is 0.562 bits per heavy atom. The fourth-order valence-electron chi connectivity index (χ4n) is 6.54. The third-order valence-electron chi connectivity index (χ3n) is 9.50. The lowest BCUT2D eigenvalue weighted by Crippen LogP contribution is -3.00. The molecule has 0 aromatic carbocycles. The van der Waals surface area contributed by atoms with Crippen LogP contribution in [-0.4, -0.2) is 97.5 Å². The summed E-state index contributed by atoms with van der Waals surface area (Å²) in [6, 6.07) is 0. The normalized spacial score (nSPS) is 12.9. The number of alkyl halides is 2. The van der Waals surface area contributed by atoms with Gasteiger partial charge in [-0.1, -0.05) is 155 Å². The van der Waals surface area contributed by atoms with E-state index in [4.69, 9.17) is 23.2 Å². The van der Waals surface area contributed by atoms with Crippen molar-refractivity contribution in [3.8, 4) is 0 Å². The number of hydrogen-bond donors (Lipinski definition) is 2. The zero-order valence-electron chi connectivity index (χ0n) is 33.1. The predicted molar refractivity (Wildman–Crippen MR) is 209 cm³/mol. The van der Waals surface area contributed by atoms with Crippen LogP contribution >= 0.6 is 23.2 Å². The quantitative estimate of drug-likeness (QED) is 0.0516. The van der Waals surface area contributed by atoms with Crippen molar-refractivity contribution in [3.05, 3.63) is 0 Å². The van der Waals surface area contributed by atoms with E-state index >= 15 is 0 Å². The fourth-order valence-corrected chi connectivity index (χ4v) is 6.73. The summed E-state index contributed by atoms with van der Waals surface area (Å²) in [6.45, 7) is 8.38. The molecule has 4 nitrogen and oxygen atoms in total. The van der Waals surface area contributed by atoms with Gasteiger partial charge in [0.25, 0.3) is 0 Å². The number of hydrogen-bond acceptors (Lipinski definition) is 2. The highest BCUT2D eigenvalue weighted by molar-refractivity contribution is 6.18. The molecular formula is C40H86Cl4N2O2. The Hall–Kier alpha value is 1.00. The summed E-state index contributed by atoms with van der Waals surface area (Å²) in [4.78, 5) is 0. The lowest BCUT2D eigenvalue weighted by atomic mass is 10.0. The predicted octanol–water partition coefficient (Wildman–Crippen LogP) is 5.52. The third kappa shape index (κ3) is 45.0. The van der Waals surface area contributed by atoms with E-state index in [-0.39, 0.29) is 37.0 Å². The number of quaternary nitrogens is 2. The molecule has 0 fully saturated rings. The molecule has 2 unspecified atom stereocenters. The Morgan fingerprint density at radius 3 is 0.750 bits per heavy atom. The minimum atomic E-state index is -0.368. The van der Waals surface area contributed by atoms with Gasteiger partial charge in [0, 0.05) is 0 Å². The largest absolute Gasteiger partial charge is 1.00 e. The number of unbranched alkanes of at least 4 members (excludes halogenated alkanes) is 24.